The second kappa shape index (κ2) is 9.07. The monoisotopic (exact) mass is 424 g/mol. The fourth-order valence-corrected chi connectivity index (χ4v) is 3.76. The van der Waals surface area contributed by atoms with E-state index in [1.165, 1.54) is 35.0 Å². The quantitative estimate of drug-likeness (QED) is 0.648. The molecule has 0 atom stereocenters. The fourth-order valence-electron chi connectivity index (χ4n) is 3.76. The molecule has 8 heteroatoms. The van der Waals surface area contributed by atoms with E-state index in [1.54, 1.807) is 30.5 Å². The van der Waals surface area contributed by atoms with Crippen molar-refractivity contribution >= 4 is 17.6 Å². The molecule has 0 saturated heterocycles. The Balaban J connectivity index is 1.28. The SMILES string of the molecule is O=C(N[C@H]1CC[C@@H](C(=O)Nc2ccn(-c3ccccc3F)n2)CC1)c1ccc(F)cc1. The Kier molecular flexibility index (Phi) is 6.06. The zero-order chi connectivity index (χ0) is 21.8. The number of nitrogens with one attached hydrogen (secondary N) is 2. The van der Waals surface area contributed by atoms with Crippen LogP contribution in [0.5, 0.6) is 0 Å². The number of carbonyl (C=O) groups is 2. The minimum atomic E-state index is -0.399. The van der Waals surface area contributed by atoms with Gasteiger partial charge in [0.1, 0.15) is 17.3 Å². The van der Waals surface area contributed by atoms with Crippen LogP contribution in [0, 0.1) is 17.6 Å². The van der Waals surface area contributed by atoms with E-state index < -0.39 is 5.82 Å². The van der Waals surface area contributed by atoms with Crippen molar-refractivity contribution in [2.45, 2.75) is 31.7 Å². The second-order valence-electron chi connectivity index (χ2n) is 7.62. The van der Waals surface area contributed by atoms with Gasteiger partial charge in [-0.3, -0.25) is 9.59 Å². The number of anilines is 1. The van der Waals surface area contributed by atoms with Gasteiger partial charge in [-0.15, -0.1) is 5.10 Å². The maximum atomic E-state index is 13.9. The van der Waals surface area contributed by atoms with Crippen LogP contribution in [0.4, 0.5) is 14.6 Å². The average Bonchev–Trinajstić information content (AvgIpc) is 3.23. The number of rotatable bonds is 5. The topological polar surface area (TPSA) is 76.0 Å². The molecule has 1 aromatic heterocycles. The van der Waals surface area contributed by atoms with Crippen molar-refractivity contribution in [1.82, 2.24) is 15.1 Å². The highest BCUT2D eigenvalue weighted by atomic mass is 19.1. The number of carbonyl (C=O) groups excluding carboxylic acids is 2. The molecule has 0 radical (unpaired) electrons. The number of halogens is 2. The third-order valence-electron chi connectivity index (χ3n) is 5.48. The molecular formula is C23H22F2N4O2. The summed E-state index contributed by atoms with van der Waals surface area (Å²) < 4.78 is 28.3. The van der Waals surface area contributed by atoms with Crippen LogP contribution in [0.15, 0.2) is 60.8 Å². The van der Waals surface area contributed by atoms with Gasteiger partial charge in [0.15, 0.2) is 5.82 Å². The Labute approximate surface area is 178 Å². The molecule has 4 rings (SSSR count). The highest BCUT2D eigenvalue weighted by molar-refractivity contribution is 5.94. The maximum absolute atomic E-state index is 13.9. The first-order valence-corrected chi connectivity index (χ1v) is 10.2. The van der Waals surface area contributed by atoms with Crippen molar-refractivity contribution in [2.75, 3.05) is 5.32 Å². The number of hydrogen-bond donors (Lipinski definition) is 2. The minimum Gasteiger partial charge on any atom is -0.349 e. The molecule has 2 amide bonds. The molecule has 31 heavy (non-hydrogen) atoms. The molecule has 0 bridgehead atoms. The van der Waals surface area contributed by atoms with Gasteiger partial charge in [-0.25, -0.2) is 13.5 Å². The van der Waals surface area contributed by atoms with E-state index in [-0.39, 0.29) is 29.6 Å². The zero-order valence-corrected chi connectivity index (χ0v) is 16.7. The van der Waals surface area contributed by atoms with Crippen LogP contribution >= 0.6 is 0 Å². The molecule has 0 aliphatic heterocycles. The van der Waals surface area contributed by atoms with Crippen LogP contribution in [0.1, 0.15) is 36.0 Å². The summed E-state index contributed by atoms with van der Waals surface area (Å²) in [4.78, 5) is 24.9. The number of nitrogens with zero attached hydrogens (tertiary/aromatic N) is 2. The normalized spacial score (nSPS) is 18.4. The lowest BCUT2D eigenvalue weighted by molar-refractivity contribution is -0.120. The third-order valence-corrected chi connectivity index (χ3v) is 5.48. The standard InChI is InChI=1S/C23H22F2N4O2/c24-17-9-5-15(6-10-17)22(30)26-18-11-7-16(8-12-18)23(31)27-21-13-14-29(28-21)20-4-2-1-3-19(20)25/h1-6,9-10,13-14,16,18H,7-8,11-12H2,(H,26,30)(H,27,28,31)/t16-,18+. The van der Waals surface area contributed by atoms with Crippen LogP contribution < -0.4 is 10.6 Å². The van der Waals surface area contributed by atoms with Crippen molar-refractivity contribution in [1.29, 1.82) is 0 Å². The van der Waals surface area contributed by atoms with Crippen LogP contribution in [0.2, 0.25) is 0 Å². The molecule has 1 heterocycles. The highest BCUT2D eigenvalue weighted by Gasteiger charge is 2.27. The van der Waals surface area contributed by atoms with Gasteiger partial charge in [0.25, 0.3) is 5.91 Å². The predicted molar refractivity (Wildman–Crippen MR) is 112 cm³/mol. The van der Waals surface area contributed by atoms with Gasteiger partial charge in [0.05, 0.1) is 0 Å². The summed E-state index contributed by atoms with van der Waals surface area (Å²) in [5.74, 6) is -0.988. The van der Waals surface area contributed by atoms with Gasteiger partial charge in [0, 0.05) is 29.8 Å². The van der Waals surface area contributed by atoms with Gasteiger partial charge in [-0.2, -0.15) is 0 Å². The summed E-state index contributed by atoms with van der Waals surface area (Å²) in [5, 5.41) is 9.97. The molecule has 160 valence electrons. The Morgan fingerprint density at radius 2 is 1.65 bits per heavy atom. The molecule has 1 aliphatic rings. The lowest BCUT2D eigenvalue weighted by Gasteiger charge is -2.28. The summed E-state index contributed by atoms with van der Waals surface area (Å²) >= 11 is 0. The van der Waals surface area contributed by atoms with Gasteiger partial charge in [-0.1, -0.05) is 12.1 Å². The van der Waals surface area contributed by atoms with E-state index in [4.69, 9.17) is 0 Å². The maximum Gasteiger partial charge on any atom is 0.251 e. The van der Waals surface area contributed by atoms with Crippen LogP contribution in [0.25, 0.3) is 5.69 Å². The molecular weight excluding hydrogens is 402 g/mol. The molecule has 6 nitrogen and oxygen atoms in total. The average molecular weight is 424 g/mol. The number of para-hydroxylation sites is 1. The van der Waals surface area contributed by atoms with Gasteiger partial charge in [0.2, 0.25) is 5.91 Å². The van der Waals surface area contributed by atoms with Crippen LogP contribution in [-0.2, 0) is 4.79 Å². The van der Waals surface area contributed by atoms with Crippen molar-refractivity contribution in [3.05, 3.63) is 78.0 Å². The first kappa shape index (κ1) is 20.7. The van der Waals surface area contributed by atoms with E-state index in [9.17, 15) is 18.4 Å². The van der Waals surface area contributed by atoms with Crippen molar-refractivity contribution < 1.29 is 18.4 Å². The second-order valence-corrected chi connectivity index (χ2v) is 7.62. The molecule has 2 N–H and O–H groups in total. The molecule has 0 unspecified atom stereocenters. The molecule has 2 aromatic carbocycles. The van der Waals surface area contributed by atoms with E-state index >= 15 is 0 Å². The first-order chi connectivity index (χ1) is 15.0. The zero-order valence-electron chi connectivity index (χ0n) is 16.7. The van der Waals surface area contributed by atoms with E-state index in [2.05, 4.69) is 15.7 Å². The Hall–Kier alpha value is -3.55. The third kappa shape index (κ3) is 4.96. The first-order valence-electron chi connectivity index (χ1n) is 10.2. The van der Waals surface area contributed by atoms with Crippen molar-refractivity contribution in [2.24, 2.45) is 5.92 Å². The molecule has 1 fully saturated rings. The summed E-state index contributed by atoms with van der Waals surface area (Å²) in [7, 11) is 0. The number of hydrogen-bond acceptors (Lipinski definition) is 3. The van der Waals surface area contributed by atoms with Gasteiger partial charge in [-0.05, 0) is 62.1 Å². The van der Waals surface area contributed by atoms with E-state index in [0.29, 0.717) is 42.8 Å². The van der Waals surface area contributed by atoms with Crippen molar-refractivity contribution in [3.8, 4) is 5.69 Å². The Morgan fingerprint density at radius 3 is 2.35 bits per heavy atom. The van der Waals surface area contributed by atoms with Gasteiger partial charge < -0.3 is 10.6 Å². The number of benzene rings is 2. The lowest BCUT2D eigenvalue weighted by Crippen LogP contribution is -2.39. The number of amides is 2. The van der Waals surface area contributed by atoms with E-state index in [0.717, 1.165) is 0 Å². The largest absolute Gasteiger partial charge is 0.349 e. The van der Waals surface area contributed by atoms with Crippen LogP contribution in [-0.4, -0.2) is 27.6 Å². The van der Waals surface area contributed by atoms with Crippen molar-refractivity contribution in [3.63, 3.8) is 0 Å². The molecule has 0 spiro atoms. The Bertz CT molecular complexity index is 1070. The summed E-state index contributed by atoms with van der Waals surface area (Å²) in [6, 6.07) is 13.3. The highest BCUT2D eigenvalue weighted by Crippen LogP contribution is 2.26. The smallest absolute Gasteiger partial charge is 0.251 e. The van der Waals surface area contributed by atoms with E-state index in [1.807, 2.05) is 0 Å². The summed E-state index contributed by atoms with van der Waals surface area (Å²) in [6.45, 7) is 0. The Morgan fingerprint density at radius 1 is 0.935 bits per heavy atom. The molecule has 1 aliphatic carbocycles. The fraction of sp³-hybridized carbons (Fsp3) is 0.261. The van der Waals surface area contributed by atoms with Gasteiger partial charge >= 0.3 is 0 Å². The lowest BCUT2D eigenvalue weighted by atomic mass is 9.85. The number of aromatic nitrogens is 2. The summed E-state index contributed by atoms with van der Waals surface area (Å²) in [5.41, 5.74) is 0.715. The molecule has 1 saturated carbocycles. The summed E-state index contributed by atoms with van der Waals surface area (Å²) in [6.07, 6.45) is 4.21. The predicted octanol–water partition coefficient (Wildman–Crippen LogP) is 4.08. The van der Waals surface area contributed by atoms with Crippen LogP contribution in [0.3, 0.4) is 0 Å². The minimum absolute atomic E-state index is 0.0260. The molecule has 3 aromatic rings.